The summed E-state index contributed by atoms with van der Waals surface area (Å²) in [7, 11) is 3.62. The molecule has 0 saturated carbocycles. The normalized spacial score (nSPS) is 17.3. The lowest BCUT2D eigenvalue weighted by molar-refractivity contribution is 0.415. The second kappa shape index (κ2) is 8.99. The van der Waals surface area contributed by atoms with Crippen LogP contribution < -0.4 is 20.3 Å². The molecule has 146 valence electrons. The van der Waals surface area contributed by atoms with Crippen LogP contribution in [0.3, 0.4) is 0 Å². The Hall–Kier alpha value is -2.41. The van der Waals surface area contributed by atoms with E-state index in [4.69, 9.17) is 21.3 Å². The van der Waals surface area contributed by atoms with Crippen LogP contribution in [0.5, 0.6) is 5.75 Å². The minimum atomic E-state index is 0.304. The Labute approximate surface area is 165 Å². The van der Waals surface area contributed by atoms with E-state index in [9.17, 15) is 0 Å². The first-order valence-corrected chi connectivity index (χ1v) is 9.58. The number of halogens is 1. The molecule has 1 aliphatic heterocycles. The van der Waals surface area contributed by atoms with Gasteiger partial charge in [0.25, 0.3) is 0 Å². The Balaban J connectivity index is 1.65. The van der Waals surface area contributed by atoms with E-state index in [1.54, 1.807) is 13.3 Å². The highest BCUT2D eigenvalue weighted by molar-refractivity contribution is 6.30. The molecule has 1 aliphatic rings. The summed E-state index contributed by atoms with van der Waals surface area (Å²) in [4.78, 5) is 6.99. The number of nitrogens with zero attached hydrogens (tertiary/aromatic N) is 4. The average molecular weight is 391 g/mol. The number of hydrogen-bond donors (Lipinski definition) is 2. The van der Waals surface area contributed by atoms with Crippen LogP contribution in [0, 0.1) is 0 Å². The molecular weight excluding hydrogens is 364 g/mol. The van der Waals surface area contributed by atoms with Gasteiger partial charge in [-0.2, -0.15) is 5.10 Å². The van der Waals surface area contributed by atoms with Crippen LogP contribution in [-0.2, 0) is 13.6 Å². The Morgan fingerprint density at radius 2 is 2.26 bits per heavy atom. The second-order valence-electron chi connectivity index (χ2n) is 6.53. The van der Waals surface area contributed by atoms with E-state index in [1.807, 2.05) is 36.0 Å². The minimum Gasteiger partial charge on any atom is -0.495 e. The number of rotatable bonds is 6. The maximum absolute atomic E-state index is 6.18. The molecule has 3 rings (SSSR count). The lowest BCUT2D eigenvalue weighted by Gasteiger charge is -2.22. The largest absolute Gasteiger partial charge is 0.495 e. The zero-order chi connectivity index (χ0) is 19.2. The molecule has 1 saturated heterocycles. The highest BCUT2D eigenvalue weighted by Gasteiger charge is 2.25. The summed E-state index contributed by atoms with van der Waals surface area (Å²) in [6, 6.07) is 8.01. The highest BCUT2D eigenvalue weighted by Crippen LogP contribution is 2.33. The molecule has 1 unspecified atom stereocenters. The predicted octanol–water partition coefficient (Wildman–Crippen LogP) is 2.42. The molecule has 27 heavy (non-hydrogen) atoms. The number of methoxy groups -OCH3 is 1. The van der Waals surface area contributed by atoms with Crippen LogP contribution in [-0.4, -0.2) is 48.5 Å². The number of ether oxygens (including phenoxy) is 1. The maximum atomic E-state index is 6.18. The molecule has 0 aliphatic carbocycles. The van der Waals surface area contributed by atoms with Crippen molar-refractivity contribution in [3.8, 4) is 5.75 Å². The van der Waals surface area contributed by atoms with Crippen molar-refractivity contribution in [1.29, 1.82) is 0 Å². The monoisotopic (exact) mass is 390 g/mol. The molecule has 0 radical (unpaired) electrons. The summed E-state index contributed by atoms with van der Waals surface area (Å²) in [5.74, 6) is 1.67. The van der Waals surface area contributed by atoms with Crippen LogP contribution >= 0.6 is 11.6 Å². The third-order valence-corrected chi connectivity index (χ3v) is 4.91. The van der Waals surface area contributed by atoms with Crippen molar-refractivity contribution in [1.82, 2.24) is 20.4 Å². The van der Waals surface area contributed by atoms with Gasteiger partial charge in [-0.25, -0.2) is 4.99 Å². The Bertz CT molecular complexity index is 790. The number of benzene rings is 1. The molecule has 2 aromatic rings. The van der Waals surface area contributed by atoms with Crippen molar-refractivity contribution in [3.05, 3.63) is 41.2 Å². The van der Waals surface area contributed by atoms with E-state index in [0.717, 1.165) is 49.1 Å². The van der Waals surface area contributed by atoms with Gasteiger partial charge >= 0.3 is 0 Å². The van der Waals surface area contributed by atoms with Gasteiger partial charge in [-0.05, 0) is 37.6 Å². The topological polar surface area (TPSA) is 66.7 Å². The standard InChI is InChI=1S/C19H27ClN6O/c1-4-21-19(22-12-16-7-9-23-25(16)2)24-15-8-10-26(13-15)17-11-14(20)5-6-18(17)27-3/h5-7,9,11,15H,4,8,10,12-13H2,1-3H3,(H2,21,22,24). The molecule has 0 spiro atoms. The van der Waals surface area contributed by atoms with Crippen LogP contribution in [0.25, 0.3) is 0 Å². The number of anilines is 1. The number of aryl methyl sites for hydroxylation is 1. The van der Waals surface area contributed by atoms with Gasteiger partial charge in [0.1, 0.15) is 5.75 Å². The van der Waals surface area contributed by atoms with Crippen molar-refractivity contribution in [2.24, 2.45) is 12.0 Å². The highest BCUT2D eigenvalue weighted by atomic mass is 35.5. The van der Waals surface area contributed by atoms with Crippen molar-refractivity contribution >= 4 is 23.2 Å². The number of hydrogen-bond acceptors (Lipinski definition) is 4. The van der Waals surface area contributed by atoms with E-state index < -0.39 is 0 Å². The van der Waals surface area contributed by atoms with Crippen LogP contribution in [0.4, 0.5) is 5.69 Å². The fourth-order valence-electron chi connectivity index (χ4n) is 3.24. The van der Waals surface area contributed by atoms with Crippen LogP contribution in [0.1, 0.15) is 19.0 Å². The molecule has 8 heteroatoms. The van der Waals surface area contributed by atoms with Gasteiger partial charge in [-0.1, -0.05) is 11.6 Å². The molecule has 0 amide bonds. The van der Waals surface area contributed by atoms with Crippen molar-refractivity contribution in [2.45, 2.75) is 25.9 Å². The van der Waals surface area contributed by atoms with E-state index in [1.165, 1.54) is 0 Å². The second-order valence-corrected chi connectivity index (χ2v) is 6.97. The van der Waals surface area contributed by atoms with Gasteiger partial charge in [0.05, 0.1) is 25.0 Å². The summed E-state index contributed by atoms with van der Waals surface area (Å²) < 4.78 is 7.34. The molecule has 2 heterocycles. The van der Waals surface area contributed by atoms with Gasteiger partial charge < -0.3 is 20.3 Å². The Kier molecular flexibility index (Phi) is 6.45. The Morgan fingerprint density at radius 1 is 1.41 bits per heavy atom. The van der Waals surface area contributed by atoms with E-state index in [2.05, 4.69) is 27.6 Å². The molecule has 1 fully saturated rings. The summed E-state index contributed by atoms with van der Waals surface area (Å²) in [6.45, 7) is 5.28. The van der Waals surface area contributed by atoms with E-state index in [0.29, 0.717) is 17.6 Å². The lowest BCUT2D eigenvalue weighted by Crippen LogP contribution is -2.44. The SMILES string of the molecule is CCNC(=NCc1ccnn1C)NC1CCN(c2cc(Cl)ccc2OC)C1. The fraction of sp³-hybridized carbons (Fsp3) is 0.474. The summed E-state index contributed by atoms with van der Waals surface area (Å²) in [5, 5.41) is 11.8. The lowest BCUT2D eigenvalue weighted by atomic mass is 10.2. The van der Waals surface area contributed by atoms with Gasteiger partial charge in [0.15, 0.2) is 5.96 Å². The zero-order valence-electron chi connectivity index (χ0n) is 16.1. The first kappa shape index (κ1) is 19.4. The molecule has 1 aromatic heterocycles. The van der Waals surface area contributed by atoms with Crippen LogP contribution in [0.15, 0.2) is 35.5 Å². The van der Waals surface area contributed by atoms with Crippen molar-refractivity contribution in [3.63, 3.8) is 0 Å². The van der Waals surface area contributed by atoms with Crippen molar-refractivity contribution < 1.29 is 4.74 Å². The predicted molar refractivity (Wildman–Crippen MR) is 110 cm³/mol. The average Bonchev–Trinajstić information content (AvgIpc) is 3.29. The third-order valence-electron chi connectivity index (χ3n) is 4.68. The number of aliphatic imine (C=N–C) groups is 1. The van der Waals surface area contributed by atoms with Gasteiger partial charge in [0.2, 0.25) is 0 Å². The third kappa shape index (κ3) is 4.86. The van der Waals surface area contributed by atoms with Gasteiger partial charge in [0, 0.05) is 43.9 Å². The maximum Gasteiger partial charge on any atom is 0.191 e. The summed E-state index contributed by atoms with van der Waals surface area (Å²) in [5.41, 5.74) is 2.11. The smallest absolute Gasteiger partial charge is 0.191 e. The number of aromatic nitrogens is 2. The van der Waals surface area contributed by atoms with Gasteiger partial charge in [-0.3, -0.25) is 4.68 Å². The molecular formula is C19H27ClN6O. The van der Waals surface area contributed by atoms with Crippen LogP contribution in [0.2, 0.25) is 5.02 Å². The number of guanidine groups is 1. The molecule has 2 N–H and O–H groups in total. The Morgan fingerprint density at radius 3 is 2.96 bits per heavy atom. The first-order valence-electron chi connectivity index (χ1n) is 9.21. The van der Waals surface area contributed by atoms with E-state index in [-0.39, 0.29) is 0 Å². The quantitative estimate of drug-likeness (QED) is 0.585. The summed E-state index contributed by atoms with van der Waals surface area (Å²) >= 11 is 6.18. The fourth-order valence-corrected chi connectivity index (χ4v) is 3.40. The summed E-state index contributed by atoms with van der Waals surface area (Å²) in [6.07, 6.45) is 2.81. The molecule has 7 nitrogen and oxygen atoms in total. The zero-order valence-corrected chi connectivity index (χ0v) is 16.8. The first-order chi connectivity index (χ1) is 13.1. The molecule has 1 atom stereocenters. The molecule has 0 bridgehead atoms. The molecule has 1 aromatic carbocycles. The van der Waals surface area contributed by atoms with Gasteiger partial charge in [-0.15, -0.1) is 0 Å². The minimum absolute atomic E-state index is 0.304. The number of nitrogens with one attached hydrogen (secondary N) is 2. The van der Waals surface area contributed by atoms with Crippen molar-refractivity contribution in [2.75, 3.05) is 31.6 Å². The van der Waals surface area contributed by atoms with E-state index >= 15 is 0 Å².